The molecule has 2 heteroatoms. The van der Waals surface area contributed by atoms with Crippen LogP contribution in [-0.4, -0.2) is 5.60 Å². The normalized spacial score (nSPS) is 19.3. The van der Waals surface area contributed by atoms with Gasteiger partial charge in [0, 0.05) is 5.54 Å². The number of nitrogens with two attached hydrogens (primary N) is 1. The zero-order chi connectivity index (χ0) is 12.5. The second kappa shape index (κ2) is 4.34. The molecule has 1 aromatic rings. The van der Waals surface area contributed by atoms with Gasteiger partial charge in [-0.3, -0.25) is 0 Å². The lowest BCUT2D eigenvalue weighted by Crippen LogP contribution is -2.33. The van der Waals surface area contributed by atoms with Gasteiger partial charge >= 0.3 is 0 Å². The van der Waals surface area contributed by atoms with Crippen LogP contribution in [-0.2, 0) is 5.54 Å². The molecule has 0 radical (unpaired) electrons. The van der Waals surface area contributed by atoms with Crippen molar-refractivity contribution in [2.75, 3.05) is 0 Å². The van der Waals surface area contributed by atoms with Gasteiger partial charge < -0.3 is 10.5 Å². The topological polar surface area (TPSA) is 35.2 Å². The molecule has 0 spiro atoms. The molecule has 0 bridgehead atoms. The van der Waals surface area contributed by atoms with Crippen LogP contribution < -0.4 is 10.5 Å². The minimum Gasteiger partial charge on any atom is -0.488 e. The van der Waals surface area contributed by atoms with E-state index < -0.39 is 0 Å². The van der Waals surface area contributed by atoms with Crippen LogP contribution in [0, 0.1) is 0 Å². The van der Waals surface area contributed by atoms with E-state index in [0.717, 1.165) is 18.6 Å². The largest absolute Gasteiger partial charge is 0.488 e. The van der Waals surface area contributed by atoms with Crippen molar-refractivity contribution in [2.45, 2.75) is 57.6 Å². The number of rotatable bonds is 2. The Labute approximate surface area is 104 Å². The molecule has 1 aromatic carbocycles. The first-order valence-electron chi connectivity index (χ1n) is 6.48. The lowest BCUT2D eigenvalue weighted by Gasteiger charge is -2.25. The Hall–Kier alpha value is -1.02. The molecule has 1 saturated carbocycles. The van der Waals surface area contributed by atoms with Gasteiger partial charge in [-0.15, -0.1) is 0 Å². The van der Waals surface area contributed by atoms with Crippen molar-refractivity contribution in [1.29, 1.82) is 0 Å². The summed E-state index contributed by atoms with van der Waals surface area (Å²) in [6.45, 7) is 6.17. The average Bonchev–Trinajstić information content (AvgIpc) is 2.65. The Morgan fingerprint density at radius 1 is 1.06 bits per heavy atom. The standard InChI is InChI=1S/C15H23NO/c1-14(2,3)17-13-8-6-12(7-9-13)15(16)10-4-5-11-15/h6-9H,4-5,10-11,16H2,1-3H3. The van der Waals surface area contributed by atoms with Crippen molar-refractivity contribution in [1.82, 2.24) is 0 Å². The molecular formula is C15H23NO. The molecule has 0 heterocycles. The molecule has 17 heavy (non-hydrogen) atoms. The summed E-state index contributed by atoms with van der Waals surface area (Å²) in [5.41, 5.74) is 7.42. The number of ether oxygens (including phenoxy) is 1. The van der Waals surface area contributed by atoms with E-state index in [-0.39, 0.29) is 11.1 Å². The van der Waals surface area contributed by atoms with Gasteiger partial charge in [0.05, 0.1) is 0 Å². The molecule has 0 unspecified atom stereocenters. The first kappa shape index (κ1) is 12.4. The van der Waals surface area contributed by atoms with Crippen molar-refractivity contribution < 1.29 is 4.74 Å². The highest BCUT2D eigenvalue weighted by molar-refractivity contribution is 5.32. The van der Waals surface area contributed by atoms with E-state index in [9.17, 15) is 0 Å². The molecule has 2 rings (SSSR count). The highest BCUT2D eigenvalue weighted by Crippen LogP contribution is 2.36. The maximum Gasteiger partial charge on any atom is 0.120 e. The van der Waals surface area contributed by atoms with Crippen LogP contribution in [0.5, 0.6) is 5.75 Å². The molecule has 1 aliphatic carbocycles. The van der Waals surface area contributed by atoms with Gasteiger partial charge in [-0.1, -0.05) is 25.0 Å². The van der Waals surface area contributed by atoms with E-state index >= 15 is 0 Å². The Morgan fingerprint density at radius 2 is 1.59 bits per heavy atom. The summed E-state index contributed by atoms with van der Waals surface area (Å²) in [6.07, 6.45) is 4.70. The third-order valence-corrected chi connectivity index (χ3v) is 3.35. The minimum atomic E-state index is -0.144. The van der Waals surface area contributed by atoms with E-state index in [1.807, 2.05) is 12.1 Å². The summed E-state index contributed by atoms with van der Waals surface area (Å²) < 4.78 is 5.81. The Morgan fingerprint density at radius 3 is 2.06 bits per heavy atom. The van der Waals surface area contributed by atoms with Gasteiger partial charge in [0.25, 0.3) is 0 Å². The molecule has 0 amide bonds. The van der Waals surface area contributed by atoms with Crippen LogP contribution >= 0.6 is 0 Å². The fourth-order valence-corrected chi connectivity index (χ4v) is 2.50. The Balaban J connectivity index is 2.13. The van der Waals surface area contributed by atoms with E-state index in [0.29, 0.717) is 0 Å². The Kier molecular flexibility index (Phi) is 3.17. The second-order valence-electron chi connectivity index (χ2n) is 6.10. The molecule has 94 valence electrons. The molecule has 1 fully saturated rings. The first-order chi connectivity index (χ1) is 7.89. The molecule has 0 aliphatic heterocycles. The van der Waals surface area contributed by atoms with Gasteiger partial charge in [0.2, 0.25) is 0 Å². The van der Waals surface area contributed by atoms with Crippen LogP contribution in [0.15, 0.2) is 24.3 Å². The smallest absolute Gasteiger partial charge is 0.120 e. The zero-order valence-corrected chi connectivity index (χ0v) is 11.1. The van der Waals surface area contributed by atoms with Crippen LogP contribution in [0.1, 0.15) is 52.0 Å². The van der Waals surface area contributed by atoms with Crippen molar-refractivity contribution in [3.63, 3.8) is 0 Å². The summed E-state index contributed by atoms with van der Waals surface area (Å²) in [7, 11) is 0. The van der Waals surface area contributed by atoms with E-state index in [1.165, 1.54) is 18.4 Å². The van der Waals surface area contributed by atoms with Gasteiger partial charge in [0.15, 0.2) is 0 Å². The van der Waals surface area contributed by atoms with Crippen LogP contribution in [0.25, 0.3) is 0 Å². The Bertz CT molecular complexity index is 369. The molecule has 0 aromatic heterocycles. The lowest BCUT2D eigenvalue weighted by atomic mass is 9.89. The highest BCUT2D eigenvalue weighted by Gasteiger charge is 2.30. The second-order valence-corrected chi connectivity index (χ2v) is 6.10. The predicted octanol–water partition coefficient (Wildman–Crippen LogP) is 3.59. The monoisotopic (exact) mass is 233 g/mol. The third-order valence-electron chi connectivity index (χ3n) is 3.35. The van der Waals surface area contributed by atoms with Crippen LogP contribution in [0.4, 0.5) is 0 Å². The lowest BCUT2D eigenvalue weighted by molar-refractivity contribution is 0.131. The van der Waals surface area contributed by atoms with Crippen molar-refractivity contribution in [2.24, 2.45) is 5.73 Å². The molecular weight excluding hydrogens is 210 g/mol. The maximum atomic E-state index is 6.42. The summed E-state index contributed by atoms with van der Waals surface area (Å²) >= 11 is 0. The maximum absolute atomic E-state index is 6.42. The number of benzene rings is 1. The molecule has 2 nitrogen and oxygen atoms in total. The summed E-state index contributed by atoms with van der Waals surface area (Å²) in [4.78, 5) is 0. The van der Waals surface area contributed by atoms with Gasteiger partial charge in [-0.25, -0.2) is 0 Å². The fraction of sp³-hybridized carbons (Fsp3) is 0.600. The van der Waals surface area contributed by atoms with Gasteiger partial charge in [-0.05, 0) is 51.3 Å². The van der Waals surface area contributed by atoms with Crippen molar-refractivity contribution in [3.05, 3.63) is 29.8 Å². The fourth-order valence-electron chi connectivity index (χ4n) is 2.50. The molecule has 1 aliphatic rings. The van der Waals surface area contributed by atoms with Crippen LogP contribution in [0.3, 0.4) is 0 Å². The van der Waals surface area contributed by atoms with E-state index in [1.54, 1.807) is 0 Å². The first-order valence-corrected chi connectivity index (χ1v) is 6.48. The number of hydrogen-bond donors (Lipinski definition) is 1. The average molecular weight is 233 g/mol. The predicted molar refractivity (Wildman–Crippen MR) is 71.2 cm³/mol. The van der Waals surface area contributed by atoms with Gasteiger partial charge in [-0.2, -0.15) is 0 Å². The SMILES string of the molecule is CC(C)(C)Oc1ccc(C2(N)CCCC2)cc1. The molecule has 0 saturated heterocycles. The van der Waals surface area contributed by atoms with Crippen LogP contribution in [0.2, 0.25) is 0 Å². The molecule has 0 atom stereocenters. The van der Waals surface area contributed by atoms with Crippen molar-refractivity contribution >= 4 is 0 Å². The molecule has 2 N–H and O–H groups in total. The summed E-state index contributed by atoms with van der Waals surface area (Å²) in [5.74, 6) is 0.919. The highest BCUT2D eigenvalue weighted by atomic mass is 16.5. The summed E-state index contributed by atoms with van der Waals surface area (Å²) in [5, 5.41) is 0. The number of hydrogen-bond acceptors (Lipinski definition) is 2. The van der Waals surface area contributed by atoms with Gasteiger partial charge in [0.1, 0.15) is 11.4 Å². The minimum absolute atomic E-state index is 0.0970. The third kappa shape index (κ3) is 3.01. The van der Waals surface area contributed by atoms with E-state index in [2.05, 4.69) is 32.9 Å². The van der Waals surface area contributed by atoms with E-state index in [4.69, 9.17) is 10.5 Å². The van der Waals surface area contributed by atoms with Crippen molar-refractivity contribution in [3.8, 4) is 5.75 Å². The quantitative estimate of drug-likeness (QED) is 0.847. The summed E-state index contributed by atoms with van der Waals surface area (Å²) in [6, 6.07) is 8.31. The zero-order valence-electron chi connectivity index (χ0n) is 11.1.